The van der Waals surface area contributed by atoms with Crippen LogP contribution in [0, 0.1) is 11.3 Å². The number of pyridine rings is 2. The monoisotopic (exact) mass is 501 g/mol. The number of rotatable bonds is 4. The molecule has 7 rings (SSSR count). The van der Waals surface area contributed by atoms with Crippen molar-refractivity contribution in [3.05, 3.63) is 133 Å². The molecule has 5 aromatic rings. The zero-order valence-corrected chi connectivity index (χ0v) is 21.0. The summed E-state index contributed by atoms with van der Waals surface area (Å²) in [5, 5.41) is 9.05. The van der Waals surface area contributed by atoms with Crippen LogP contribution in [0.4, 0.5) is 11.5 Å². The lowest BCUT2D eigenvalue weighted by atomic mass is 9.95. The van der Waals surface area contributed by atoms with Crippen molar-refractivity contribution in [2.45, 2.75) is 12.0 Å². The van der Waals surface area contributed by atoms with E-state index in [1.165, 1.54) is 11.3 Å². The van der Waals surface area contributed by atoms with Gasteiger partial charge in [-0.3, -0.25) is 4.99 Å². The van der Waals surface area contributed by atoms with Crippen LogP contribution in [-0.2, 0) is 0 Å². The van der Waals surface area contributed by atoms with Gasteiger partial charge in [0.15, 0.2) is 0 Å². The maximum atomic E-state index is 9.05. The molecule has 0 saturated heterocycles. The fourth-order valence-electron chi connectivity index (χ4n) is 5.43. The van der Waals surface area contributed by atoms with Crippen LogP contribution in [0.15, 0.2) is 126 Å². The molecule has 2 unspecified atom stereocenters. The number of benzene rings is 3. The third kappa shape index (κ3) is 4.09. The van der Waals surface area contributed by atoms with E-state index in [1.807, 2.05) is 60.9 Å². The molecule has 2 aliphatic heterocycles. The number of nitrogens with zero attached hydrogens (tertiary/aromatic N) is 5. The fourth-order valence-corrected chi connectivity index (χ4v) is 5.43. The third-order valence-corrected chi connectivity index (χ3v) is 7.36. The van der Waals surface area contributed by atoms with Crippen molar-refractivity contribution in [3.63, 3.8) is 0 Å². The zero-order chi connectivity index (χ0) is 26.2. The minimum absolute atomic E-state index is 0.150. The Morgan fingerprint density at radius 2 is 1.31 bits per heavy atom. The molecule has 2 aliphatic rings. The Bertz CT molecular complexity index is 1780. The van der Waals surface area contributed by atoms with Crippen molar-refractivity contribution >= 4 is 17.7 Å². The van der Waals surface area contributed by atoms with Gasteiger partial charge < -0.3 is 4.90 Å². The Balaban J connectivity index is 1.20. The summed E-state index contributed by atoms with van der Waals surface area (Å²) >= 11 is 0. The molecule has 4 heterocycles. The molecule has 0 amide bonds. The van der Waals surface area contributed by atoms with Gasteiger partial charge in [-0.15, -0.1) is 0 Å². The van der Waals surface area contributed by atoms with E-state index in [0.29, 0.717) is 5.56 Å². The third-order valence-electron chi connectivity index (χ3n) is 7.36. The first kappa shape index (κ1) is 22.8. The van der Waals surface area contributed by atoms with Gasteiger partial charge in [0.05, 0.1) is 34.8 Å². The summed E-state index contributed by atoms with van der Waals surface area (Å²) in [6, 6.07) is 39.0. The number of anilines is 2. The number of fused-ring (bicyclic) bond motifs is 3. The standard InChI is InChI=1S/C34H23N5/c35-21-23-11-13-24(14-12-23)25-15-17-26(18-16-25)29-6-3-7-30(37-29)31-8-4-10-34(38-31)39-32-9-2-1-5-27(32)28-22-36-20-19-33(28)39/h1-20,22,28,33H. The number of hydrogen-bond acceptors (Lipinski definition) is 5. The molecular weight excluding hydrogens is 478 g/mol. The Hall–Kier alpha value is -5.34. The summed E-state index contributed by atoms with van der Waals surface area (Å²) in [6.07, 6.45) is 6.06. The smallest absolute Gasteiger partial charge is 0.134 e. The molecule has 2 aromatic heterocycles. The average molecular weight is 502 g/mol. The molecule has 0 aliphatic carbocycles. The van der Waals surface area contributed by atoms with Gasteiger partial charge in [-0.1, -0.05) is 66.7 Å². The summed E-state index contributed by atoms with van der Waals surface area (Å²) in [6.45, 7) is 0. The normalized spacial score (nSPS) is 16.9. The van der Waals surface area contributed by atoms with E-state index in [1.54, 1.807) is 0 Å². The number of para-hydroxylation sites is 1. The Morgan fingerprint density at radius 1 is 0.641 bits per heavy atom. The van der Waals surface area contributed by atoms with Crippen LogP contribution >= 0.6 is 0 Å². The van der Waals surface area contributed by atoms with Crippen LogP contribution in [0.2, 0.25) is 0 Å². The van der Waals surface area contributed by atoms with Gasteiger partial charge in [0.2, 0.25) is 0 Å². The number of aromatic nitrogens is 2. The van der Waals surface area contributed by atoms with E-state index in [9.17, 15) is 0 Å². The molecule has 5 heteroatoms. The van der Waals surface area contributed by atoms with E-state index in [-0.39, 0.29) is 12.0 Å². The number of hydrogen-bond donors (Lipinski definition) is 0. The maximum absolute atomic E-state index is 9.05. The molecule has 39 heavy (non-hydrogen) atoms. The zero-order valence-electron chi connectivity index (χ0n) is 21.0. The average Bonchev–Trinajstić information content (AvgIpc) is 3.36. The highest BCUT2D eigenvalue weighted by molar-refractivity contribution is 5.84. The number of nitriles is 1. The minimum Gasteiger partial charge on any atom is -0.318 e. The first-order valence-electron chi connectivity index (χ1n) is 12.9. The lowest BCUT2D eigenvalue weighted by Gasteiger charge is -2.27. The van der Waals surface area contributed by atoms with Crippen LogP contribution in [0.25, 0.3) is 33.8 Å². The van der Waals surface area contributed by atoms with Gasteiger partial charge in [-0.05, 0) is 65.2 Å². The van der Waals surface area contributed by atoms with E-state index < -0.39 is 0 Å². The van der Waals surface area contributed by atoms with Crippen molar-refractivity contribution < 1.29 is 0 Å². The summed E-state index contributed by atoms with van der Waals surface area (Å²) < 4.78 is 0. The van der Waals surface area contributed by atoms with E-state index >= 15 is 0 Å². The second-order valence-corrected chi connectivity index (χ2v) is 9.64. The molecule has 2 atom stereocenters. The van der Waals surface area contributed by atoms with Gasteiger partial charge in [0, 0.05) is 29.6 Å². The molecular formula is C34H23N5. The van der Waals surface area contributed by atoms with Crippen LogP contribution < -0.4 is 4.90 Å². The minimum atomic E-state index is 0.150. The molecule has 0 saturated carbocycles. The lowest BCUT2D eigenvalue weighted by molar-refractivity contribution is 0.772. The second kappa shape index (κ2) is 9.51. The molecule has 5 nitrogen and oxygen atoms in total. The van der Waals surface area contributed by atoms with Crippen LogP contribution in [0.1, 0.15) is 17.0 Å². The van der Waals surface area contributed by atoms with Crippen molar-refractivity contribution in [2.75, 3.05) is 4.90 Å². The number of aliphatic imine (C=N–C) groups is 1. The summed E-state index contributed by atoms with van der Waals surface area (Å²) in [7, 11) is 0. The van der Waals surface area contributed by atoms with Gasteiger partial charge in [0.25, 0.3) is 0 Å². The first-order chi connectivity index (χ1) is 19.3. The first-order valence-corrected chi connectivity index (χ1v) is 12.9. The lowest BCUT2D eigenvalue weighted by Crippen LogP contribution is -2.30. The second-order valence-electron chi connectivity index (χ2n) is 9.64. The van der Waals surface area contributed by atoms with Gasteiger partial charge in [0.1, 0.15) is 5.82 Å². The molecule has 3 aromatic carbocycles. The Kier molecular flexibility index (Phi) is 5.57. The van der Waals surface area contributed by atoms with Crippen LogP contribution in [0.3, 0.4) is 0 Å². The predicted molar refractivity (Wildman–Crippen MR) is 156 cm³/mol. The Labute approximate surface area is 227 Å². The maximum Gasteiger partial charge on any atom is 0.134 e. The molecule has 0 fully saturated rings. The molecule has 0 N–H and O–H groups in total. The van der Waals surface area contributed by atoms with Crippen LogP contribution in [-0.4, -0.2) is 22.2 Å². The van der Waals surface area contributed by atoms with Crippen molar-refractivity contribution in [3.8, 4) is 39.8 Å². The van der Waals surface area contributed by atoms with Crippen molar-refractivity contribution in [1.82, 2.24) is 9.97 Å². The van der Waals surface area contributed by atoms with E-state index in [2.05, 4.69) is 82.7 Å². The van der Waals surface area contributed by atoms with Crippen LogP contribution in [0.5, 0.6) is 0 Å². The van der Waals surface area contributed by atoms with Crippen molar-refractivity contribution in [2.24, 2.45) is 4.99 Å². The Morgan fingerprint density at radius 3 is 2.10 bits per heavy atom. The SMILES string of the molecule is N#Cc1ccc(-c2ccc(-c3cccc(-c4cccc(N5c6ccccc6C6C=NC=CC65)n4)n3)cc2)cc1. The largest absolute Gasteiger partial charge is 0.318 e. The highest BCUT2D eigenvalue weighted by Crippen LogP contribution is 2.45. The van der Waals surface area contributed by atoms with Gasteiger partial charge >= 0.3 is 0 Å². The quantitative estimate of drug-likeness (QED) is 0.255. The fraction of sp³-hybridized carbons (Fsp3) is 0.0588. The van der Waals surface area contributed by atoms with E-state index in [0.717, 1.165) is 39.6 Å². The molecule has 184 valence electrons. The predicted octanol–water partition coefficient (Wildman–Crippen LogP) is 7.55. The molecule has 0 radical (unpaired) electrons. The van der Waals surface area contributed by atoms with Crippen molar-refractivity contribution in [1.29, 1.82) is 5.26 Å². The van der Waals surface area contributed by atoms with Gasteiger partial charge in [-0.2, -0.15) is 5.26 Å². The summed E-state index contributed by atoms with van der Waals surface area (Å²) in [4.78, 5) is 16.8. The van der Waals surface area contributed by atoms with Gasteiger partial charge in [-0.25, -0.2) is 9.97 Å². The summed E-state index contributed by atoms with van der Waals surface area (Å²) in [5.74, 6) is 1.11. The van der Waals surface area contributed by atoms with E-state index in [4.69, 9.17) is 15.2 Å². The molecule has 0 bridgehead atoms. The summed E-state index contributed by atoms with van der Waals surface area (Å²) in [5.41, 5.74) is 8.86. The highest BCUT2D eigenvalue weighted by Gasteiger charge is 2.38. The molecule has 0 spiro atoms. The topological polar surface area (TPSA) is 65.2 Å². The highest BCUT2D eigenvalue weighted by atomic mass is 15.2.